The van der Waals surface area contributed by atoms with Gasteiger partial charge in [-0.05, 0) is 27.2 Å². The maximum Gasteiger partial charge on any atom is 0.0634 e. The van der Waals surface area contributed by atoms with E-state index in [0.717, 1.165) is 26.1 Å². The van der Waals surface area contributed by atoms with Crippen LogP contribution in [0.3, 0.4) is 0 Å². The Bertz CT molecular complexity index is 170. The second-order valence-corrected chi connectivity index (χ2v) is 5.08. The van der Waals surface area contributed by atoms with Crippen LogP contribution in [0.2, 0.25) is 0 Å². The first kappa shape index (κ1) is 11.0. The summed E-state index contributed by atoms with van der Waals surface area (Å²) in [6.07, 6.45) is 1.07. The van der Waals surface area contributed by atoms with Crippen molar-refractivity contribution in [3.63, 3.8) is 0 Å². The van der Waals surface area contributed by atoms with Crippen molar-refractivity contribution in [3.05, 3.63) is 0 Å². The molecule has 1 saturated heterocycles. The van der Waals surface area contributed by atoms with Crippen molar-refractivity contribution >= 4 is 0 Å². The number of nitrogens with two attached hydrogens (primary N) is 1. The molecule has 0 saturated carbocycles. The second kappa shape index (κ2) is 3.56. The van der Waals surface area contributed by atoms with E-state index in [1.165, 1.54) is 0 Å². The summed E-state index contributed by atoms with van der Waals surface area (Å²) < 4.78 is 5.35. The maximum absolute atomic E-state index is 5.91. The largest absolute Gasteiger partial charge is 0.379 e. The first-order valence-corrected chi connectivity index (χ1v) is 4.91. The predicted octanol–water partition coefficient (Wildman–Crippen LogP) is 0.834. The van der Waals surface area contributed by atoms with Gasteiger partial charge < -0.3 is 10.5 Å². The first-order chi connectivity index (χ1) is 5.85. The second-order valence-electron chi connectivity index (χ2n) is 5.08. The van der Waals surface area contributed by atoms with E-state index in [9.17, 15) is 0 Å². The lowest BCUT2D eigenvalue weighted by atomic mass is 9.92. The Hall–Kier alpha value is -0.120. The van der Waals surface area contributed by atoms with Gasteiger partial charge in [0.15, 0.2) is 0 Å². The van der Waals surface area contributed by atoms with Gasteiger partial charge in [0, 0.05) is 32.3 Å². The van der Waals surface area contributed by atoms with Crippen molar-refractivity contribution in [2.75, 3.05) is 26.7 Å². The number of hydrogen-bond acceptors (Lipinski definition) is 3. The molecule has 2 N–H and O–H groups in total. The van der Waals surface area contributed by atoms with Crippen LogP contribution in [-0.2, 0) is 4.74 Å². The van der Waals surface area contributed by atoms with Gasteiger partial charge in [-0.25, -0.2) is 0 Å². The van der Waals surface area contributed by atoms with E-state index < -0.39 is 0 Å². The number of methoxy groups -OCH3 is 1. The van der Waals surface area contributed by atoms with Gasteiger partial charge in [-0.15, -0.1) is 0 Å². The van der Waals surface area contributed by atoms with Gasteiger partial charge in [0.2, 0.25) is 0 Å². The van der Waals surface area contributed by atoms with Gasteiger partial charge in [0.25, 0.3) is 0 Å². The third-order valence-electron chi connectivity index (χ3n) is 2.75. The molecule has 0 radical (unpaired) electrons. The fourth-order valence-electron chi connectivity index (χ4n) is 1.66. The monoisotopic (exact) mass is 186 g/mol. The molecule has 1 fully saturated rings. The van der Waals surface area contributed by atoms with Crippen molar-refractivity contribution < 1.29 is 4.74 Å². The molecule has 3 nitrogen and oxygen atoms in total. The number of nitrogens with zero attached hydrogens (tertiary/aromatic N) is 1. The van der Waals surface area contributed by atoms with Crippen LogP contribution in [0.1, 0.15) is 27.2 Å². The Morgan fingerprint density at radius 3 is 2.38 bits per heavy atom. The molecule has 1 aliphatic rings. The van der Waals surface area contributed by atoms with Gasteiger partial charge in [-0.3, -0.25) is 4.90 Å². The SMILES string of the molecule is COC(C)(C)CCN1CC(C)(N)C1. The molecule has 13 heavy (non-hydrogen) atoms. The number of likely N-dealkylation sites (tertiary alicyclic amines) is 1. The molecule has 0 atom stereocenters. The highest BCUT2D eigenvalue weighted by Gasteiger charge is 2.35. The molecule has 0 bridgehead atoms. The van der Waals surface area contributed by atoms with Gasteiger partial charge in [0.05, 0.1) is 5.60 Å². The quantitative estimate of drug-likeness (QED) is 0.707. The smallest absolute Gasteiger partial charge is 0.0634 e. The number of rotatable bonds is 4. The Morgan fingerprint density at radius 1 is 1.46 bits per heavy atom. The minimum Gasteiger partial charge on any atom is -0.379 e. The standard InChI is InChI=1S/C10H22N2O/c1-9(2,13-4)5-6-12-7-10(3,11)8-12/h5-8,11H2,1-4H3. The zero-order chi connectivity index (χ0) is 10.1. The van der Waals surface area contributed by atoms with Crippen LogP contribution in [-0.4, -0.2) is 42.8 Å². The van der Waals surface area contributed by atoms with Crippen molar-refractivity contribution in [3.8, 4) is 0 Å². The van der Waals surface area contributed by atoms with E-state index in [4.69, 9.17) is 10.5 Å². The number of hydrogen-bond donors (Lipinski definition) is 1. The van der Waals surface area contributed by atoms with Crippen LogP contribution in [0.15, 0.2) is 0 Å². The molecule has 78 valence electrons. The third kappa shape index (κ3) is 3.25. The van der Waals surface area contributed by atoms with E-state index >= 15 is 0 Å². The molecule has 0 amide bonds. The summed E-state index contributed by atoms with van der Waals surface area (Å²) in [5.41, 5.74) is 5.96. The lowest BCUT2D eigenvalue weighted by Gasteiger charge is -2.46. The van der Waals surface area contributed by atoms with Crippen molar-refractivity contribution in [1.29, 1.82) is 0 Å². The fourth-order valence-corrected chi connectivity index (χ4v) is 1.66. The third-order valence-corrected chi connectivity index (χ3v) is 2.75. The van der Waals surface area contributed by atoms with Gasteiger partial charge in [-0.1, -0.05) is 0 Å². The molecule has 0 unspecified atom stereocenters. The molecule has 0 aliphatic carbocycles. The summed E-state index contributed by atoms with van der Waals surface area (Å²) in [6, 6.07) is 0. The fraction of sp³-hybridized carbons (Fsp3) is 1.00. The van der Waals surface area contributed by atoms with Gasteiger partial charge in [-0.2, -0.15) is 0 Å². The maximum atomic E-state index is 5.91. The van der Waals surface area contributed by atoms with E-state index in [0.29, 0.717) is 0 Å². The lowest BCUT2D eigenvalue weighted by Crippen LogP contribution is -2.65. The molecule has 1 aliphatic heterocycles. The van der Waals surface area contributed by atoms with Crippen LogP contribution in [0.25, 0.3) is 0 Å². The summed E-state index contributed by atoms with van der Waals surface area (Å²) in [6.45, 7) is 9.47. The normalized spacial score (nSPS) is 22.8. The van der Waals surface area contributed by atoms with E-state index in [-0.39, 0.29) is 11.1 Å². The molecule has 0 aromatic heterocycles. The molecule has 0 aromatic carbocycles. The highest BCUT2D eigenvalue weighted by Crippen LogP contribution is 2.20. The molecule has 3 heteroatoms. The predicted molar refractivity (Wildman–Crippen MR) is 54.7 cm³/mol. The Labute approximate surface area is 81.2 Å². The molecule has 1 heterocycles. The molecular formula is C10H22N2O. The van der Waals surface area contributed by atoms with Crippen LogP contribution in [0.5, 0.6) is 0 Å². The minimum absolute atomic E-state index is 0.000585. The average molecular weight is 186 g/mol. The van der Waals surface area contributed by atoms with Crippen molar-refractivity contribution in [2.24, 2.45) is 5.73 Å². The van der Waals surface area contributed by atoms with Gasteiger partial charge >= 0.3 is 0 Å². The van der Waals surface area contributed by atoms with Crippen LogP contribution < -0.4 is 5.73 Å². The summed E-state index contributed by atoms with van der Waals surface area (Å²) in [5.74, 6) is 0. The highest BCUT2D eigenvalue weighted by molar-refractivity contribution is 4.96. The number of ether oxygens (including phenoxy) is 1. The topological polar surface area (TPSA) is 38.5 Å². The zero-order valence-corrected chi connectivity index (χ0v) is 9.26. The Balaban J connectivity index is 2.15. The summed E-state index contributed by atoms with van der Waals surface area (Å²) in [7, 11) is 1.77. The van der Waals surface area contributed by atoms with Gasteiger partial charge in [0.1, 0.15) is 0 Å². The van der Waals surface area contributed by atoms with Crippen molar-refractivity contribution in [1.82, 2.24) is 4.90 Å². The summed E-state index contributed by atoms with van der Waals surface area (Å²) in [5, 5.41) is 0. The molecular weight excluding hydrogens is 164 g/mol. The molecule has 1 rings (SSSR count). The Kier molecular flexibility index (Phi) is 3.00. The minimum atomic E-state index is 0.000585. The zero-order valence-electron chi connectivity index (χ0n) is 9.26. The molecule has 0 spiro atoms. The highest BCUT2D eigenvalue weighted by atomic mass is 16.5. The molecule has 0 aromatic rings. The lowest BCUT2D eigenvalue weighted by molar-refractivity contribution is -0.00758. The summed E-state index contributed by atoms with van der Waals surface area (Å²) >= 11 is 0. The van der Waals surface area contributed by atoms with Crippen LogP contribution >= 0.6 is 0 Å². The van der Waals surface area contributed by atoms with Crippen LogP contribution in [0, 0.1) is 0 Å². The van der Waals surface area contributed by atoms with Crippen LogP contribution in [0.4, 0.5) is 0 Å². The summed E-state index contributed by atoms with van der Waals surface area (Å²) in [4.78, 5) is 2.38. The van der Waals surface area contributed by atoms with E-state index in [1.807, 2.05) is 0 Å². The van der Waals surface area contributed by atoms with E-state index in [2.05, 4.69) is 25.7 Å². The first-order valence-electron chi connectivity index (χ1n) is 4.91. The van der Waals surface area contributed by atoms with E-state index in [1.54, 1.807) is 7.11 Å². The average Bonchev–Trinajstić information content (AvgIpc) is 1.97. The van der Waals surface area contributed by atoms with Crippen molar-refractivity contribution in [2.45, 2.75) is 38.3 Å². The Morgan fingerprint density at radius 2 is 2.00 bits per heavy atom.